The van der Waals surface area contributed by atoms with E-state index in [1.54, 1.807) is 0 Å². The Morgan fingerprint density at radius 3 is 1.58 bits per heavy atom. The molecule has 19 heavy (non-hydrogen) atoms. The van der Waals surface area contributed by atoms with Crippen LogP contribution in [0.4, 0.5) is 0 Å². The number of hydrogen-bond acceptors (Lipinski definition) is 4. The van der Waals surface area contributed by atoms with E-state index in [1.807, 2.05) is 0 Å². The van der Waals surface area contributed by atoms with E-state index in [1.165, 1.54) is 0 Å². The number of esters is 2. The maximum absolute atomic E-state index is 11.4. The van der Waals surface area contributed by atoms with Gasteiger partial charge in [0.25, 0.3) is 0 Å². The molecule has 0 amide bonds. The molecule has 3 saturated carbocycles. The Kier molecular flexibility index (Phi) is 3.42. The van der Waals surface area contributed by atoms with Crippen molar-refractivity contribution >= 4 is 35.1 Å². The Morgan fingerprint density at radius 2 is 1.26 bits per heavy atom. The number of ether oxygens (including phenoxy) is 2. The smallest absolute Gasteiger partial charge is 0.308 e. The van der Waals surface area contributed by atoms with Gasteiger partial charge in [-0.3, -0.25) is 9.59 Å². The average Bonchev–Trinajstić information content (AvgIpc) is 3.22. The molecule has 4 nitrogen and oxygen atoms in total. The van der Waals surface area contributed by atoms with Crippen molar-refractivity contribution in [2.45, 2.75) is 30.0 Å². The van der Waals surface area contributed by atoms with Crippen LogP contribution in [0.3, 0.4) is 0 Å². The van der Waals surface area contributed by atoms with E-state index in [4.69, 9.17) is 32.7 Å². The summed E-state index contributed by atoms with van der Waals surface area (Å²) in [7, 11) is 0. The molecule has 0 aromatic heterocycles. The normalized spacial score (nSPS) is 31.7. The minimum atomic E-state index is -0.937. The second kappa shape index (κ2) is 4.81. The standard InChI is InChI=1S/C13H16Cl2O4/c14-13(15)9(5-18-11(16)7-1-2-7)10(13)6-19-12(17)8-3-4-8/h7-10H,1-6H2/t9-,10+. The van der Waals surface area contributed by atoms with Crippen molar-refractivity contribution < 1.29 is 19.1 Å². The summed E-state index contributed by atoms with van der Waals surface area (Å²) in [5.74, 6) is -0.444. The zero-order valence-corrected chi connectivity index (χ0v) is 12.0. The Labute approximate surface area is 121 Å². The van der Waals surface area contributed by atoms with E-state index in [9.17, 15) is 9.59 Å². The summed E-state index contributed by atoms with van der Waals surface area (Å²) in [5.41, 5.74) is 0. The molecule has 0 aromatic rings. The number of rotatable bonds is 6. The lowest BCUT2D eigenvalue weighted by Crippen LogP contribution is -2.12. The maximum atomic E-state index is 11.4. The van der Waals surface area contributed by atoms with E-state index in [-0.39, 0.29) is 48.8 Å². The van der Waals surface area contributed by atoms with Gasteiger partial charge < -0.3 is 9.47 Å². The van der Waals surface area contributed by atoms with Crippen LogP contribution in [-0.2, 0) is 19.1 Å². The van der Waals surface area contributed by atoms with Crippen LogP contribution in [0.1, 0.15) is 25.7 Å². The summed E-state index contributed by atoms with van der Waals surface area (Å²) in [5, 5.41) is 0. The maximum Gasteiger partial charge on any atom is 0.308 e. The van der Waals surface area contributed by atoms with Crippen LogP contribution in [0, 0.1) is 23.7 Å². The SMILES string of the molecule is O=C(OC[C@@H]1[C@H](COC(=O)C2CC2)C1(Cl)Cl)C1CC1. The monoisotopic (exact) mass is 306 g/mol. The lowest BCUT2D eigenvalue weighted by molar-refractivity contribution is -0.148. The minimum absolute atomic E-state index is 0.0740. The largest absolute Gasteiger partial charge is 0.465 e. The van der Waals surface area contributed by atoms with Gasteiger partial charge in [0.15, 0.2) is 0 Å². The van der Waals surface area contributed by atoms with E-state index in [0.29, 0.717) is 0 Å². The molecule has 3 fully saturated rings. The van der Waals surface area contributed by atoms with Crippen molar-refractivity contribution in [3.05, 3.63) is 0 Å². The minimum Gasteiger partial charge on any atom is -0.465 e. The Balaban J connectivity index is 1.40. The van der Waals surface area contributed by atoms with Crippen LogP contribution in [0.15, 0.2) is 0 Å². The molecular formula is C13H16Cl2O4. The molecule has 3 aliphatic rings. The summed E-state index contributed by atoms with van der Waals surface area (Å²) in [4.78, 5) is 22.9. The number of carbonyl (C=O) groups is 2. The number of hydrogen-bond donors (Lipinski definition) is 0. The van der Waals surface area contributed by atoms with Gasteiger partial charge in [0, 0.05) is 11.8 Å². The number of halogens is 2. The lowest BCUT2D eigenvalue weighted by atomic mass is 10.3. The number of alkyl halides is 2. The Hall–Kier alpha value is -0.480. The molecule has 0 aliphatic heterocycles. The molecule has 0 unspecified atom stereocenters. The zero-order valence-electron chi connectivity index (χ0n) is 10.4. The van der Waals surface area contributed by atoms with Gasteiger partial charge in [0.1, 0.15) is 4.33 Å². The van der Waals surface area contributed by atoms with Crippen molar-refractivity contribution in [3.63, 3.8) is 0 Å². The van der Waals surface area contributed by atoms with Crippen molar-refractivity contribution in [1.82, 2.24) is 0 Å². The molecule has 0 aromatic carbocycles. The molecule has 2 atom stereocenters. The van der Waals surface area contributed by atoms with Gasteiger partial charge in [0.2, 0.25) is 0 Å². The first-order chi connectivity index (χ1) is 9.00. The third-order valence-electron chi connectivity index (χ3n) is 4.00. The second-order valence-electron chi connectivity index (χ2n) is 5.70. The van der Waals surface area contributed by atoms with Crippen LogP contribution < -0.4 is 0 Å². The summed E-state index contributed by atoms with van der Waals surface area (Å²) in [6.07, 6.45) is 3.66. The summed E-state index contributed by atoms with van der Waals surface area (Å²) >= 11 is 12.2. The van der Waals surface area contributed by atoms with Gasteiger partial charge in [-0.05, 0) is 25.7 Å². The van der Waals surface area contributed by atoms with Gasteiger partial charge in [-0.2, -0.15) is 0 Å². The van der Waals surface area contributed by atoms with Crippen LogP contribution in [0.2, 0.25) is 0 Å². The Bertz CT molecular complexity index is 365. The van der Waals surface area contributed by atoms with Crippen molar-refractivity contribution in [1.29, 1.82) is 0 Å². The van der Waals surface area contributed by atoms with Crippen LogP contribution in [0.25, 0.3) is 0 Å². The first kappa shape index (κ1) is 13.5. The highest BCUT2D eigenvalue weighted by Crippen LogP contribution is 2.59. The van der Waals surface area contributed by atoms with E-state index in [0.717, 1.165) is 25.7 Å². The molecule has 0 saturated heterocycles. The average molecular weight is 307 g/mol. The molecule has 6 heteroatoms. The quantitative estimate of drug-likeness (QED) is 0.558. The lowest BCUT2D eigenvalue weighted by Gasteiger charge is -2.03. The Morgan fingerprint density at radius 1 is 0.895 bits per heavy atom. The fourth-order valence-electron chi connectivity index (χ4n) is 2.13. The molecule has 0 heterocycles. The van der Waals surface area contributed by atoms with Crippen molar-refractivity contribution in [2.75, 3.05) is 13.2 Å². The first-order valence-electron chi connectivity index (χ1n) is 6.71. The van der Waals surface area contributed by atoms with Gasteiger partial charge in [-0.1, -0.05) is 0 Å². The van der Waals surface area contributed by atoms with Gasteiger partial charge in [-0.15, -0.1) is 23.2 Å². The third kappa shape index (κ3) is 3.00. The molecule has 0 spiro atoms. The molecule has 0 radical (unpaired) electrons. The number of carbonyl (C=O) groups excluding carboxylic acids is 2. The summed E-state index contributed by atoms with van der Waals surface area (Å²) in [6.45, 7) is 0.432. The predicted octanol–water partition coefficient (Wildman–Crippen LogP) is 2.31. The highest BCUT2D eigenvalue weighted by Gasteiger charge is 2.64. The van der Waals surface area contributed by atoms with E-state index in [2.05, 4.69) is 0 Å². The highest BCUT2D eigenvalue weighted by molar-refractivity contribution is 6.51. The zero-order chi connectivity index (χ0) is 13.6. The topological polar surface area (TPSA) is 52.6 Å². The molecule has 0 bridgehead atoms. The molecule has 0 N–H and O–H groups in total. The van der Waals surface area contributed by atoms with Gasteiger partial charge in [0.05, 0.1) is 25.0 Å². The van der Waals surface area contributed by atoms with Crippen molar-refractivity contribution in [3.8, 4) is 0 Å². The molecular weight excluding hydrogens is 291 g/mol. The summed E-state index contributed by atoms with van der Waals surface area (Å²) < 4.78 is 9.41. The van der Waals surface area contributed by atoms with Crippen molar-refractivity contribution in [2.24, 2.45) is 23.7 Å². The van der Waals surface area contributed by atoms with Crippen LogP contribution >= 0.6 is 23.2 Å². The van der Waals surface area contributed by atoms with E-state index >= 15 is 0 Å². The van der Waals surface area contributed by atoms with E-state index < -0.39 is 4.33 Å². The highest BCUT2D eigenvalue weighted by atomic mass is 35.5. The predicted molar refractivity (Wildman–Crippen MR) is 68.8 cm³/mol. The molecule has 106 valence electrons. The van der Waals surface area contributed by atoms with Crippen LogP contribution in [-0.4, -0.2) is 29.5 Å². The summed E-state index contributed by atoms with van der Waals surface area (Å²) in [6, 6.07) is 0. The van der Waals surface area contributed by atoms with Gasteiger partial charge in [-0.25, -0.2) is 0 Å². The fraction of sp³-hybridized carbons (Fsp3) is 0.846. The van der Waals surface area contributed by atoms with Gasteiger partial charge >= 0.3 is 11.9 Å². The third-order valence-corrected chi connectivity index (χ3v) is 5.12. The second-order valence-corrected chi connectivity index (χ2v) is 7.14. The molecule has 3 rings (SSSR count). The first-order valence-corrected chi connectivity index (χ1v) is 7.47. The van der Waals surface area contributed by atoms with Crippen LogP contribution in [0.5, 0.6) is 0 Å². The fourth-order valence-corrected chi connectivity index (χ4v) is 2.87. The molecule has 3 aliphatic carbocycles.